The number of benzene rings is 2. The third kappa shape index (κ3) is 3.19. The van der Waals surface area contributed by atoms with E-state index in [9.17, 15) is 9.18 Å². The molecule has 0 bridgehead atoms. The van der Waals surface area contributed by atoms with E-state index < -0.39 is 0 Å². The Kier molecular flexibility index (Phi) is 3.96. The first-order valence-electron chi connectivity index (χ1n) is 7.05. The summed E-state index contributed by atoms with van der Waals surface area (Å²) in [6.07, 6.45) is 0.217. The van der Waals surface area contributed by atoms with Crippen LogP contribution in [0.25, 0.3) is 0 Å². The van der Waals surface area contributed by atoms with Crippen LogP contribution in [0.5, 0.6) is 11.5 Å². The highest BCUT2D eigenvalue weighted by molar-refractivity contribution is 5.79. The summed E-state index contributed by atoms with van der Waals surface area (Å²) < 4.78 is 23.4. The predicted molar refractivity (Wildman–Crippen MR) is 79.2 cm³/mol. The second-order valence-electron chi connectivity index (χ2n) is 5.21. The van der Waals surface area contributed by atoms with Gasteiger partial charge in [-0.2, -0.15) is 0 Å². The molecule has 1 atom stereocenters. The van der Waals surface area contributed by atoms with E-state index >= 15 is 0 Å². The van der Waals surface area contributed by atoms with Crippen molar-refractivity contribution in [3.05, 3.63) is 59.4 Å². The second kappa shape index (κ2) is 6.05. The van der Waals surface area contributed by atoms with E-state index in [4.69, 9.17) is 9.47 Å². The molecule has 1 heterocycles. The van der Waals surface area contributed by atoms with Gasteiger partial charge in [0.25, 0.3) is 0 Å². The molecular formula is C17H16FNO3. The topological polar surface area (TPSA) is 47.6 Å². The number of ether oxygens (including phenoxy) is 2. The summed E-state index contributed by atoms with van der Waals surface area (Å²) in [4.78, 5) is 12.1. The molecule has 114 valence electrons. The Morgan fingerprint density at radius 2 is 1.91 bits per heavy atom. The van der Waals surface area contributed by atoms with Crippen LogP contribution in [-0.4, -0.2) is 12.7 Å². The maximum atomic E-state index is 12.8. The largest absolute Gasteiger partial charge is 0.454 e. The number of amides is 1. The monoisotopic (exact) mass is 301 g/mol. The van der Waals surface area contributed by atoms with Crippen molar-refractivity contribution in [2.24, 2.45) is 0 Å². The summed E-state index contributed by atoms with van der Waals surface area (Å²) in [7, 11) is 0. The molecule has 0 aromatic heterocycles. The van der Waals surface area contributed by atoms with Gasteiger partial charge in [0, 0.05) is 0 Å². The number of fused-ring (bicyclic) bond motifs is 1. The molecule has 0 radical (unpaired) electrons. The Hall–Kier alpha value is -2.56. The van der Waals surface area contributed by atoms with Crippen LogP contribution in [-0.2, 0) is 11.2 Å². The molecule has 1 unspecified atom stereocenters. The molecule has 5 heteroatoms. The van der Waals surface area contributed by atoms with Crippen LogP contribution in [0.3, 0.4) is 0 Å². The Morgan fingerprint density at radius 3 is 2.68 bits per heavy atom. The second-order valence-corrected chi connectivity index (χ2v) is 5.21. The lowest BCUT2D eigenvalue weighted by atomic mass is 10.1. The van der Waals surface area contributed by atoms with Crippen molar-refractivity contribution in [1.29, 1.82) is 0 Å². The van der Waals surface area contributed by atoms with Crippen LogP contribution in [0.15, 0.2) is 42.5 Å². The van der Waals surface area contributed by atoms with Crippen LogP contribution < -0.4 is 14.8 Å². The highest BCUT2D eigenvalue weighted by atomic mass is 19.1. The van der Waals surface area contributed by atoms with Gasteiger partial charge in [-0.05, 0) is 42.3 Å². The van der Waals surface area contributed by atoms with Gasteiger partial charge >= 0.3 is 0 Å². The molecule has 1 aliphatic rings. The number of nitrogens with one attached hydrogen (secondary N) is 1. The maximum Gasteiger partial charge on any atom is 0.231 e. The average Bonchev–Trinajstić information content (AvgIpc) is 2.97. The van der Waals surface area contributed by atoms with Crippen molar-refractivity contribution in [2.45, 2.75) is 19.4 Å². The Balaban J connectivity index is 1.62. The lowest BCUT2D eigenvalue weighted by Gasteiger charge is -2.15. The zero-order valence-corrected chi connectivity index (χ0v) is 12.1. The van der Waals surface area contributed by atoms with Gasteiger partial charge in [0.05, 0.1) is 12.5 Å². The fourth-order valence-electron chi connectivity index (χ4n) is 2.35. The zero-order valence-electron chi connectivity index (χ0n) is 12.1. The summed E-state index contributed by atoms with van der Waals surface area (Å²) in [6, 6.07) is 11.4. The highest BCUT2D eigenvalue weighted by Crippen LogP contribution is 2.34. The standard InChI is InChI=1S/C17H16FNO3/c1-11(13-4-7-15-16(9-13)22-10-21-15)19-17(20)8-12-2-5-14(18)6-3-12/h2-7,9,11H,8,10H2,1H3,(H,19,20). The van der Waals surface area contributed by atoms with Gasteiger partial charge in [-0.15, -0.1) is 0 Å². The lowest BCUT2D eigenvalue weighted by molar-refractivity contribution is -0.121. The molecule has 2 aromatic carbocycles. The van der Waals surface area contributed by atoms with E-state index in [0.29, 0.717) is 11.5 Å². The SMILES string of the molecule is CC(NC(=O)Cc1ccc(F)cc1)c1ccc2c(c1)OCO2. The molecule has 1 N–H and O–H groups in total. The van der Waals surface area contributed by atoms with Gasteiger partial charge in [-0.1, -0.05) is 18.2 Å². The maximum absolute atomic E-state index is 12.8. The van der Waals surface area contributed by atoms with Gasteiger partial charge in [-0.3, -0.25) is 4.79 Å². The fourth-order valence-corrected chi connectivity index (χ4v) is 2.35. The lowest BCUT2D eigenvalue weighted by Crippen LogP contribution is -2.28. The summed E-state index contributed by atoms with van der Waals surface area (Å²) in [5.74, 6) is 0.986. The molecule has 0 saturated heterocycles. The molecule has 0 aliphatic carbocycles. The van der Waals surface area contributed by atoms with E-state index in [2.05, 4.69) is 5.32 Å². The van der Waals surface area contributed by atoms with Gasteiger partial charge in [0.1, 0.15) is 5.82 Å². The normalized spacial score (nSPS) is 13.7. The molecule has 0 fully saturated rings. The number of carbonyl (C=O) groups excluding carboxylic acids is 1. The number of hydrogen-bond acceptors (Lipinski definition) is 3. The summed E-state index contributed by atoms with van der Waals surface area (Å²) in [5, 5.41) is 2.92. The molecule has 22 heavy (non-hydrogen) atoms. The van der Waals surface area contributed by atoms with Crippen molar-refractivity contribution in [1.82, 2.24) is 5.32 Å². The molecule has 1 aliphatic heterocycles. The zero-order chi connectivity index (χ0) is 15.5. The van der Waals surface area contributed by atoms with E-state index in [1.54, 1.807) is 12.1 Å². The van der Waals surface area contributed by atoms with Crippen molar-refractivity contribution >= 4 is 5.91 Å². The molecule has 0 spiro atoms. The number of carbonyl (C=O) groups is 1. The number of hydrogen-bond donors (Lipinski definition) is 1. The van der Waals surface area contributed by atoms with Crippen molar-refractivity contribution < 1.29 is 18.7 Å². The summed E-state index contributed by atoms with van der Waals surface area (Å²) in [6.45, 7) is 2.13. The summed E-state index contributed by atoms with van der Waals surface area (Å²) in [5.41, 5.74) is 1.72. The van der Waals surface area contributed by atoms with Crippen LogP contribution in [0.1, 0.15) is 24.1 Å². The average molecular weight is 301 g/mol. The Bertz CT molecular complexity index is 685. The van der Waals surface area contributed by atoms with Crippen LogP contribution >= 0.6 is 0 Å². The predicted octanol–water partition coefficient (Wildman–Crippen LogP) is 2.97. The fraction of sp³-hybridized carbons (Fsp3) is 0.235. The molecule has 3 rings (SSSR count). The van der Waals surface area contributed by atoms with Gasteiger partial charge < -0.3 is 14.8 Å². The minimum Gasteiger partial charge on any atom is -0.454 e. The van der Waals surface area contributed by atoms with Crippen LogP contribution in [0, 0.1) is 5.82 Å². The molecule has 1 amide bonds. The summed E-state index contributed by atoms with van der Waals surface area (Å²) >= 11 is 0. The smallest absolute Gasteiger partial charge is 0.231 e. The Labute approximate surface area is 127 Å². The molecule has 0 saturated carbocycles. The van der Waals surface area contributed by atoms with E-state index in [0.717, 1.165) is 11.1 Å². The van der Waals surface area contributed by atoms with Crippen molar-refractivity contribution in [3.8, 4) is 11.5 Å². The first-order chi connectivity index (χ1) is 10.6. The molecule has 4 nitrogen and oxygen atoms in total. The quantitative estimate of drug-likeness (QED) is 0.944. The van der Waals surface area contributed by atoms with E-state index in [-0.39, 0.29) is 31.0 Å². The number of halogens is 1. The van der Waals surface area contributed by atoms with Crippen LogP contribution in [0.2, 0.25) is 0 Å². The van der Waals surface area contributed by atoms with Gasteiger partial charge in [0.2, 0.25) is 12.7 Å². The van der Waals surface area contributed by atoms with E-state index in [1.165, 1.54) is 12.1 Å². The van der Waals surface area contributed by atoms with Crippen molar-refractivity contribution in [2.75, 3.05) is 6.79 Å². The minimum atomic E-state index is -0.308. The minimum absolute atomic E-state index is 0.114. The van der Waals surface area contributed by atoms with Gasteiger partial charge in [-0.25, -0.2) is 4.39 Å². The highest BCUT2D eigenvalue weighted by Gasteiger charge is 2.16. The number of rotatable bonds is 4. The van der Waals surface area contributed by atoms with Crippen LogP contribution in [0.4, 0.5) is 4.39 Å². The third-order valence-corrected chi connectivity index (χ3v) is 3.55. The molecule has 2 aromatic rings. The third-order valence-electron chi connectivity index (χ3n) is 3.55. The van der Waals surface area contributed by atoms with Crippen molar-refractivity contribution in [3.63, 3.8) is 0 Å². The first-order valence-corrected chi connectivity index (χ1v) is 7.05. The van der Waals surface area contributed by atoms with E-state index in [1.807, 2.05) is 25.1 Å². The Morgan fingerprint density at radius 1 is 1.18 bits per heavy atom. The first kappa shape index (κ1) is 14.4. The molecular weight excluding hydrogens is 285 g/mol. The van der Waals surface area contributed by atoms with Gasteiger partial charge in [0.15, 0.2) is 11.5 Å².